The first-order valence-corrected chi connectivity index (χ1v) is 13.7. The normalized spacial score (nSPS) is 24.0. The van der Waals surface area contributed by atoms with Gasteiger partial charge in [0.15, 0.2) is 5.69 Å². The number of fused-ring (bicyclic) bond motifs is 1. The van der Waals surface area contributed by atoms with Crippen molar-refractivity contribution in [2.45, 2.75) is 69.4 Å². The number of hydrogen-bond donors (Lipinski definition) is 3. The molecule has 0 bridgehead atoms. The smallest absolute Gasteiger partial charge is 0.475 e. The van der Waals surface area contributed by atoms with Crippen LogP contribution >= 0.6 is 0 Å². The van der Waals surface area contributed by atoms with Crippen LogP contribution in [0.15, 0.2) is 24.4 Å². The van der Waals surface area contributed by atoms with Crippen molar-refractivity contribution in [1.29, 1.82) is 0 Å². The van der Waals surface area contributed by atoms with Crippen LogP contribution in [0.25, 0.3) is 5.69 Å². The number of carboxylic acids is 1. The Labute approximate surface area is 243 Å². The number of rotatable bonds is 5. The van der Waals surface area contributed by atoms with Gasteiger partial charge in [-0.15, -0.1) is 5.10 Å². The van der Waals surface area contributed by atoms with E-state index < -0.39 is 24.1 Å². The lowest BCUT2D eigenvalue weighted by molar-refractivity contribution is -0.192. The van der Waals surface area contributed by atoms with Crippen LogP contribution < -0.4 is 10.6 Å². The van der Waals surface area contributed by atoms with E-state index in [1.54, 1.807) is 18.3 Å². The average molecular weight is 606 g/mol. The summed E-state index contributed by atoms with van der Waals surface area (Å²) in [5.74, 6) is -3.97. The molecule has 230 valence electrons. The molecule has 1 aromatic heterocycles. The van der Waals surface area contributed by atoms with Crippen molar-refractivity contribution < 1.29 is 42.3 Å². The van der Waals surface area contributed by atoms with E-state index in [1.807, 2.05) is 6.07 Å². The van der Waals surface area contributed by atoms with Crippen molar-refractivity contribution in [1.82, 2.24) is 35.4 Å². The lowest BCUT2D eigenvalue weighted by Gasteiger charge is -2.63. The Morgan fingerprint density at radius 2 is 1.88 bits per heavy atom. The molecule has 3 N–H and O–H groups in total. The van der Waals surface area contributed by atoms with Gasteiger partial charge in [0, 0.05) is 36.0 Å². The number of benzene rings is 1. The Kier molecular flexibility index (Phi) is 7.75. The molecule has 4 aliphatic rings. The molecule has 13 nitrogen and oxygen atoms in total. The molecule has 3 atom stereocenters. The molecule has 1 spiro atoms. The third-order valence-corrected chi connectivity index (χ3v) is 8.77. The van der Waals surface area contributed by atoms with Gasteiger partial charge in [-0.3, -0.25) is 24.5 Å². The molecule has 2 aliphatic heterocycles. The van der Waals surface area contributed by atoms with Crippen LogP contribution in [-0.2, 0) is 20.9 Å². The summed E-state index contributed by atoms with van der Waals surface area (Å²) in [6.07, 6.45) is 1.46. The van der Waals surface area contributed by atoms with E-state index in [-0.39, 0.29) is 47.8 Å². The van der Waals surface area contributed by atoms with E-state index in [0.717, 1.165) is 24.8 Å². The predicted molar refractivity (Wildman–Crippen MR) is 141 cm³/mol. The molecule has 0 radical (unpaired) electrons. The molecule has 3 unspecified atom stereocenters. The number of nitrogens with one attached hydrogen (secondary N) is 2. The summed E-state index contributed by atoms with van der Waals surface area (Å²) in [4.78, 5) is 62.3. The average Bonchev–Trinajstić information content (AvgIpc) is 3.50. The quantitative estimate of drug-likeness (QED) is 0.425. The summed E-state index contributed by atoms with van der Waals surface area (Å²) in [6, 6.07) is 5.27. The van der Waals surface area contributed by atoms with Crippen molar-refractivity contribution in [3.8, 4) is 5.69 Å². The highest BCUT2D eigenvalue weighted by molar-refractivity contribution is 6.05. The number of amides is 4. The van der Waals surface area contributed by atoms with Gasteiger partial charge in [-0.2, -0.15) is 13.2 Å². The molecule has 2 saturated carbocycles. The zero-order valence-electron chi connectivity index (χ0n) is 23.3. The number of carbonyl (C=O) groups is 5. The highest BCUT2D eigenvalue weighted by Gasteiger charge is 2.59. The van der Waals surface area contributed by atoms with Crippen LogP contribution in [0.4, 0.5) is 13.2 Å². The SMILES string of the molecule is CN(C)C1CC(NC(=O)c2cn(-c3ccc4c(c3)CN(C3CCC(=O)NC3=O)C4=O)nn2)C12CCC2.O=C(O)C(F)(F)F. The summed E-state index contributed by atoms with van der Waals surface area (Å²) in [6.45, 7) is 0.271. The van der Waals surface area contributed by atoms with Gasteiger partial charge in [-0.25, -0.2) is 9.48 Å². The molecule has 4 amide bonds. The third kappa shape index (κ3) is 5.58. The molecule has 43 heavy (non-hydrogen) atoms. The van der Waals surface area contributed by atoms with Crippen LogP contribution in [0.2, 0.25) is 0 Å². The van der Waals surface area contributed by atoms with Crippen LogP contribution in [0.1, 0.15) is 64.9 Å². The van der Waals surface area contributed by atoms with E-state index >= 15 is 0 Å². The van der Waals surface area contributed by atoms with Gasteiger partial charge >= 0.3 is 12.1 Å². The number of carbonyl (C=O) groups excluding carboxylic acids is 4. The van der Waals surface area contributed by atoms with Crippen molar-refractivity contribution >= 4 is 29.6 Å². The van der Waals surface area contributed by atoms with E-state index in [1.165, 1.54) is 16.0 Å². The Balaban J connectivity index is 0.000000472. The van der Waals surface area contributed by atoms with Gasteiger partial charge in [0.05, 0.1) is 11.9 Å². The van der Waals surface area contributed by atoms with Crippen molar-refractivity contribution in [3.63, 3.8) is 0 Å². The molecule has 3 fully saturated rings. The number of nitrogens with zero attached hydrogens (tertiary/aromatic N) is 5. The summed E-state index contributed by atoms with van der Waals surface area (Å²) in [5.41, 5.74) is 2.38. The summed E-state index contributed by atoms with van der Waals surface area (Å²) < 4.78 is 33.3. The fourth-order valence-corrected chi connectivity index (χ4v) is 6.39. The zero-order chi connectivity index (χ0) is 31.3. The van der Waals surface area contributed by atoms with Crippen molar-refractivity contribution in [2.24, 2.45) is 5.41 Å². The lowest BCUT2D eigenvalue weighted by atomic mass is 9.49. The Bertz CT molecular complexity index is 1490. The molecule has 3 heterocycles. The van der Waals surface area contributed by atoms with Gasteiger partial charge in [0.1, 0.15) is 6.04 Å². The molecular weight excluding hydrogens is 575 g/mol. The maximum absolute atomic E-state index is 12.9. The number of hydrogen-bond acceptors (Lipinski definition) is 8. The Hall–Kier alpha value is -4.34. The standard InChI is InChI=1S/C25H29N7O4.C2HF3O2/c1-30(2)20-11-19(25(20)8-3-9-25)26-22(34)17-13-32(29-28-17)15-4-5-16-14(10-15)12-31(24(16)36)18-6-7-21(33)27-23(18)35;3-2(4,5)1(6)7/h4-5,10,13,18-20H,3,6-9,11-12H2,1-2H3,(H,26,34)(H,27,33,35);(H,6,7). The summed E-state index contributed by atoms with van der Waals surface area (Å²) in [7, 11) is 4.20. The minimum atomic E-state index is -5.08. The van der Waals surface area contributed by atoms with Crippen LogP contribution in [0, 0.1) is 5.41 Å². The summed E-state index contributed by atoms with van der Waals surface area (Å²) >= 11 is 0. The first-order valence-electron chi connectivity index (χ1n) is 13.7. The molecule has 1 aromatic carbocycles. The fourth-order valence-electron chi connectivity index (χ4n) is 6.39. The van der Waals surface area contributed by atoms with Crippen molar-refractivity contribution in [2.75, 3.05) is 14.1 Å². The van der Waals surface area contributed by atoms with Crippen LogP contribution in [0.5, 0.6) is 0 Å². The number of aliphatic carboxylic acids is 1. The Morgan fingerprint density at radius 3 is 2.47 bits per heavy atom. The van der Waals surface area contributed by atoms with E-state index in [0.29, 0.717) is 23.7 Å². The van der Waals surface area contributed by atoms with Gasteiger partial charge in [-0.1, -0.05) is 11.6 Å². The van der Waals surface area contributed by atoms with Crippen LogP contribution in [0.3, 0.4) is 0 Å². The second-order valence-electron chi connectivity index (χ2n) is 11.4. The number of piperidine rings is 1. The maximum atomic E-state index is 12.9. The van der Waals surface area contributed by atoms with E-state index in [9.17, 15) is 32.3 Å². The highest BCUT2D eigenvalue weighted by atomic mass is 19.4. The van der Waals surface area contributed by atoms with Gasteiger partial charge in [0.2, 0.25) is 11.8 Å². The molecule has 2 aromatic rings. The molecular formula is C27H30F3N7O6. The Morgan fingerprint density at radius 1 is 1.19 bits per heavy atom. The minimum absolute atomic E-state index is 0.153. The van der Waals surface area contributed by atoms with Gasteiger partial charge in [0.25, 0.3) is 11.8 Å². The summed E-state index contributed by atoms with van der Waals surface area (Å²) in [5, 5.41) is 20.8. The second-order valence-corrected chi connectivity index (χ2v) is 11.4. The van der Waals surface area contributed by atoms with Crippen molar-refractivity contribution in [3.05, 3.63) is 41.2 Å². The van der Waals surface area contributed by atoms with Crippen LogP contribution in [-0.4, -0.2) is 97.9 Å². The number of alkyl halides is 3. The zero-order valence-corrected chi connectivity index (χ0v) is 23.3. The molecule has 6 rings (SSSR count). The number of carboxylic acid groups (broad SMARTS) is 1. The number of aromatic nitrogens is 3. The largest absolute Gasteiger partial charge is 0.490 e. The third-order valence-electron chi connectivity index (χ3n) is 8.77. The number of imide groups is 1. The monoisotopic (exact) mass is 605 g/mol. The highest BCUT2D eigenvalue weighted by Crippen LogP contribution is 2.57. The predicted octanol–water partition coefficient (Wildman–Crippen LogP) is 1.26. The molecule has 1 saturated heterocycles. The maximum Gasteiger partial charge on any atom is 0.490 e. The van der Waals surface area contributed by atoms with Gasteiger partial charge < -0.3 is 20.2 Å². The topological polar surface area (TPSA) is 167 Å². The second kappa shape index (κ2) is 11.1. The van der Waals surface area contributed by atoms with E-state index in [2.05, 4.69) is 39.9 Å². The first-order chi connectivity index (χ1) is 20.2. The molecule has 16 heteroatoms. The fraction of sp³-hybridized carbons (Fsp3) is 0.519. The van der Waals surface area contributed by atoms with Gasteiger partial charge in [-0.05, 0) is 63.5 Å². The first kappa shape index (κ1) is 30.1. The lowest BCUT2D eigenvalue weighted by Crippen LogP contribution is -2.70. The molecule has 2 aliphatic carbocycles. The van der Waals surface area contributed by atoms with E-state index in [4.69, 9.17) is 9.90 Å². The minimum Gasteiger partial charge on any atom is -0.475 e. The number of halogens is 3.